The van der Waals surface area contributed by atoms with Gasteiger partial charge in [-0.3, -0.25) is 0 Å². The molecule has 1 saturated carbocycles. The predicted octanol–water partition coefficient (Wildman–Crippen LogP) is 5.96. The minimum Gasteiger partial charge on any atom is -0.454 e. The zero-order chi connectivity index (χ0) is 23.4. The van der Waals surface area contributed by atoms with Crippen LogP contribution in [0.15, 0.2) is 18.2 Å². The molecular weight excluding hydrogens is 442 g/mol. The minimum absolute atomic E-state index is 0.316. The van der Waals surface area contributed by atoms with Gasteiger partial charge in [-0.05, 0) is 56.4 Å². The van der Waals surface area contributed by atoms with E-state index in [1.54, 1.807) is 11.3 Å². The van der Waals surface area contributed by atoms with E-state index in [1.807, 2.05) is 6.07 Å². The molecule has 3 heterocycles. The molecule has 0 saturated heterocycles. The summed E-state index contributed by atoms with van der Waals surface area (Å²) in [6.45, 7) is 5.50. The largest absolute Gasteiger partial charge is 0.503 e. The summed E-state index contributed by atoms with van der Waals surface area (Å²) in [6.07, 6.45) is 5.43. The highest BCUT2D eigenvalue weighted by atomic mass is 32.1. The monoisotopic (exact) mass is 471 g/mol. The molecule has 176 valence electrons. The number of carbonyl (C=O) groups is 1. The Bertz CT molecular complexity index is 1140. The quantitative estimate of drug-likeness (QED) is 0.417. The van der Waals surface area contributed by atoms with E-state index in [-0.39, 0.29) is 0 Å². The van der Waals surface area contributed by atoms with Crippen molar-refractivity contribution in [1.29, 1.82) is 0 Å². The van der Waals surface area contributed by atoms with Gasteiger partial charge in [0.05, 0.1) is 5.39 Å². The maximum absolute atomic E-state index is 8.56. The normalized spacial score (nSPS) is 15.2. The number of carboxylic acid groups (broad SMARTS) is 2. The van der Waals surface area contributed by atoms with Crippen LogP contribution in [0.25, 0.3) is 10.2 Å². The Balaban J connectivity index is 0.000000601. The molecule has 1 aromatic carbocycles. The van der Waals surface area contributed by atoms with E-state index >= 15 is 0 Å². The third kappa shape index (κ3) is 5.47. The van der Waals surface area contributed by atoms with Crippen LogP contribution in [0.2, 0.25) is 0 Å². The van der Waals surface area contributed by atoms with Crippen LogP contribution >= 0.6 is 11.3 Å². The lowest BCUT2D eigenvalue weighted by molar-refractivity contribution is 0.137. The van der Waals surface area contributed by atoms with E-state index in [9.17, 15) is 0 Å². The van der Waals surface area contributed by atoms with Gasteiger partial charge in [-0.2, -0.15) is 0 Å². The van der Waals surface area contributed by atoms with E-state index in [2.05, 4.69) is 31.3 Å². The summed E-state index contributed by atoms with van der Waals surface area (Å²) in [4.78, 5) is 21.0. The Morgan fingerprint density at radius 2 is 1.85 bits per heavy atom. The van der Waals surface area contributed by atoms with Gasteiger partial charge in [-0.25, -0.2) is 14.8 Å². The zero-order valence-corrected chi connectivity index (χ0v) is 19.7. The van der Waals surface area contributed by atoms with Crippen molar-refractivity contribution in [3.63, 3.8) is 0 Å². The molecule has 2 aliphatic rings. The number of rotatable bonds is 5. The fraction of sp³-hybridized carbons (Fsp3) is 0.458. The highest BCUT2D eigenvalue weighted by Gasteiger charge is 2.22. The lowest BCUT2D eigenvalue weighted by Crippen LogP contribution is -2.12. The van der Waals surface area contributed by atoms with E-state index in [4.69, 9.17) is 34.4 Å². The number of thiophene rings is 1. The van der Waals surface area contributed by atoms with Crippen molar-refractivity contribution in [2.75, 3.05) is 18.7 Å². The highest BCUT2D eigenvalue weighted by Crippen LogP contribution is 2.37. The van der Waals surface area contributed by atoms with Crippen LogP contribution in [-0.2, 0) is 6.42 Å². The number of aryl methyl sites for hydroxylation is 2. The summed E-state index contributed by atoms with van der Waals surface area (Å²) in [6, 6.07) is 6.18. The molecule has 1 aliphatic carbocycles. The molecule has 9 heteroatoms. The molecule has 0 amide bonds. The highest BCUT2D eigenvalue weighted by molar-refractivity contribution is 7.18. The van der Waals surface area contributed by atoms with Crippen molar-refractivity contribution in [2.45, 2.75) is 58.3 Å². The number of aromatic nitrogens is 2. The molecular formula is C24H29N3O5S. The number of fused-ring (bicyclic) bond motifs is 2. The van der Waals surface area contributed by atoms with Gasteiger partial charge < -0.3 is 25.0 Å². The summed E-state index contributed by atoms with van der Waals surface area (Å²) < 4.78 is 10.9. The van der Waals surface area contributed by atoms with Gasteiger partial charge in [0.2, 0.25) is 6.79 Å². The molecule has 1 fully saturated rings. The van der Waals surface area contributed by atoms with Crippen LogP contribution < -0.4 is 14.8 Å². The van der Waals surface area contributed by atoms with Gasteiger partial charge in [0.25, 0.3) is 0 Å². The van der Waals surface area contributed by atoms with Crippen LogP contribution in [0.1, 0.15) is 59.9 Å². The first-order chi connectivity index (χ1) is 15.9. The fourth-order valence-corrected chi connectivity index (χ4v) is 5.40. The van der Waals surface area contributed by atoms with Gasteiger partial charge in [0, 0.05) is 17.3 Å². The first kappa shape index (κ1) is 23.1. The summed E-state index contributed by atoms with van der Waals surface area (Å²) >= 11 is 1.79. The smallest absolute Gasteiger partial charge is 0.454 e. The van der Waals surface area contributed by atoms with E-state index in [1.165, 1.54) is 53.5 Å². The second kappa shape index (κ2) is 10.2. The molecule has 8 nitrogen and oxygen atoms in total. The fourth-order valence-electron chi connectivity index (χ4n) is 4.36. The van der Waals surface area contributed by atoms with Crippen LogP contribution in [-0.4, -0.2) is 39.7 Å². The van der Waals surface area contributed by atoms with Gasteiger partial charge in [0.1, 0.15) is 16.5 Å². The molecule has 0 unspecified atom stereocenters. The molecule has 0 spiro atoms. The molecule has 0 bridgehead atoms. The predicted molar refractivity (Wildman–Crippen MR) is 128 cm³/mol. The molecule has 1 aliphatic heterocycles. The van der Waals surface area contributed by atoms with E-state index in [0.717, 1.165) is 40.9 Å². The van der Waals surface area contributed by atoms with Crippen LogP contribution in [0.4, 0.5) is 10.6 Å². The van der Waals surface area contributed by atoms with Crippen molar-refractivity contribution in [2.24, 2.45) is 0 Å². The molecule has 0 atom stereocenters. The maximum Gasteiger partial charge on any atom is 0.503 e. The number of hydrogen-bond donors (Lipinski definition) is 3. The molecule has 0 radical (unpaired) electrons. The van der Waals surface area contributed by atoms with E-state index < -0.39 is 6.16 Å². The molecule has 3 aromatic rings. The average Bonchev–Trinajstić information content (AvgIpc) is 3.37. The Kier molecular flexibility index (Phi) is 7.17. The van der Waals surface area contributed by atoms with Crippen LogP contribution in [0, 0.1) is 13.8 Å². The SMILES string of the molecule is Cc1sc2nc(C3CCCCC3)nc(NCCc3ccc4c(c3)OCO4)c2c1C.O=C(O)O. The average molecular weight is 472 g/mol. The van der Waals surface area contributed by atoms with Crippen molar-refractivity contribution in [3.8, 4) is 11.5 Å². The Hall–Kier alpha value is -3.07. The second-order valence-corrected chi connectivity index (χ2v) is 9.58. The van der Waals surface area contributed by atoms with Crippen molar-refractivity contribution in [1.82, 2.24) is 9.97 Å². The van der Waals surface area contributed by atoms with Crippen molar-refractivity contribution < 1.29 is 24.5 Å². The number of benzene rings is 1. The van der Waals surface area contributed by atoms with Gasteiger partial charge in [-0.15, -0.1) is 11.3 Å². The summed E-state index contributed by atoms with van der Waals surface area (Å²) in [7, 11) is 0. The first-order valence-electron chi connectivity index (χ1n) is 11.2. The Morgan fingerprint density at radius 3 is 2.61 bits per heavy atom. The van der Waals surface area contributed by atoms with Crippen LogP contribution in [0.5, 0.6) is 11.5 Å². The lowest BCUT2D eigenvalue weighted by Gasteiger charge is -2.21. The lowest BCUT2D eigenvalue weighted by atomic mass is 9.88. The van der Waals surface area contributed by atoms with E-state index in [0.29, 0.717) is 12.7 Å². The zero-order valence-electron chi connectivity index (χ0n) is 18.9. The van der Waals surface area contributed by atoms with Crippen LogP contribution in [0.3, 0.4) is 0 Å². The maximum atomic E-state index is 8.56. The van der Waals surface area contributed by atoms with Crippen molar-refractivity contribution >= 4 is 33.5 Å². The van der Waals surface area contributed by atoms with Gasteiger partial charge >= 0.3 is 6.16 Å². The van der Waals surface area contributed by atoms with Crippen molar-refractivity contribution in [3.05, 3.63) is 40.0 Å². The van der Waals surface area contributed by atoms with Gasteiger partial charge in [-0.1, -0.05) is 25.3 Å². The molecule has 33 heavy (non-hydrogen) atoms. The Labute approximate surface area is 196 Å². The topological polar surface area (TPSA) is 114 Å². The number of anilines is 1. The summed E-state index contributed by atoms with van der Waals surface area (Å²) in [5, 5.41) is 18.8. The molecule has 5 rings (SSSR count). The second-order valence-electron chi connectivity index (χ2n) is 8.38. The molecule has 2 aromatic heterocycles. The van der Waals surface area contributed by atoms with Gasteiger partial charge in [0.15, 0.2) is 11.5 Å². The third-order valence-corrected chi connectivity index (χ3v) is 7.26. The number of ether oxygens (including phenoxy) is 2. The summed E-state index contributed by atoms with van der Waals surface area (Å²) in [5.41, 5.74) is 2.53. The molecule has 3 N–H and O–H groups in total. The number of nitrogens with zero attached hydrogens (tertiary/aromatic N) is 2. The third-order valence-electron chi connectivity index (χ3n) is 6.16. The summed E-state index contributed by atoms with van der Waals surface area (Å²) in [5.74, 6) is 4.21. The number of hydrogen-bond acceptors (Lipinski definition) is 7. The minimum atomic E-state index is -1.83. The number of nitrogens with one attached hydrogen (secondary N) is 1. The first-order valence-corrected chi connectivity index (χ1v) is 12.1. The standard InChI is InChI=1S/C23H27N3O2S.CH2O3/c1-14-15(2)29-23-20(14)22(25-21(26-23)17-6-4-3-5-7-17)24-11-10-16-8-9-18-19(12-16)28-13-27-18;2-1(3)4/h8-9,12,17H,3-7,10-11,13H2,1-2H3,(H,24,25,26);(H2,2,3,4). The Morgan fingerprint density at radius 1 is 1.12 bits per heavy atom.